The topological polar surface area (TPSA) is 61.9 Å². The average molecular weight is 248 g/mol. The van der Waals surface area contributed by atoms with E-state index in [-0.39, 0.29) is 5.91 Å². The standard InChI is InChI=1S/C13H20N4O/c18-12(11-10-14-16-15-11)17-8-6-13(7-9-17)4-2-1-3-5-13/h10H,1-9H2,(H,14,15,16). The van der Waals surface area contributed by atoms with E-state index in [0.717, 1.165) is 25.9 Å². The predicted molar refractivity (Wildman–Crippen MR) is 67.0 cm³/mol. The summed E-state index contributed by atoms with van der Waals surface area (Å²) in [5, 5.41) is 10.1. The summed E-state index contributed by atoms with van der Waals surface area (Å²) in [7, 11) is 0. The SMILES string of the molecule is O=C(c1cn[nH]n1)N1CCC2(CCCCC2)CC1. The Morgan fingerprint density at radius 2 is 1.89 bits per heavy atom. The maximum Gasteiger partial charge on any atom is 0.276 e. The number of carbonyl (C=O) groups is 1. The fourth-order valence-electron chi connectivity index (χ4n) is 3.45. The summed E-state index contributed by atoms with van der Waals surface area (Å²) in [6.07, 6.45) is 10.7. The minimum Gasteiger partial charge on any atom is -0.337 e. The van der Waals surface area contributed by atoms with Crippen LogP contribution in [0.15, 0.2) is 6.20 Å². The number of H-pyrrole nitrogens is 1. The fourth-order valence-corrected chi connectivity index (χ4v) is 3.45. The van der Waals surface area contributed by atoms with Crippen LogP contribution in [-0.4, -0.2) is 39.3 Å². The largest absolute Gasteiger partial charge is 0.337 e. The maximum atomic E-state index is 12.1. The first-order valence-corrected chi connectivity index (χ1v) is 6.94. The minimum atomic E-state index is 0.0226. The van der Waals surface area contributed by atoms with Crippen LogP contribution < -0.4 is 0 Å². The third kappa shape index (κ3) is 2.13. The van der Waals surface area contributed by atoms with Gasteiger partial charge in [0.2, 0.25) is 0 Å². The van der Waals surface area contributed by atoms with Gasteiger partial charge < -0.3 is 4.90 Å². The molecule has 2 heterocycles. The van der Waals surface area contributed by atoms with Crippen molar-refractivity contribution >= 4 is 5.91 Å². The van der Waals surface area contributed by atoms with Crippen LogP contribution in [0.5, 0.6) is 0 Å². The Morgan fingerprint density at radius 3 is 2.50 bits per heavy atom. The summed E-state index contributed by atoms with van der Waals surface area (Å²) in [6.45, 7) is 1.76. The lowest BCUT2D eigenvalue weighted by atomic mass is 9.68. The molecule has 2 fully saturated rings. The van der Waals surface area contributed by atoms with Crippen molar-refractivity contribution in [3.05, 3.63) is 11.9 Å². The van der Waals surface area contributed by atoms with Crippen LogP contribution in [-0.2, 0) is 0 Å². The lowest BCUT2D eigenvalue weighted by Gasteiger charge is -2.44. The van der Waals surface area contributed by atoms with Crippen LogP contribution in [0.2, 0.25) is 0 Å². The first-order valence-electron chi connectivity index (χ1n) is 6.94. The number of carbonyl (C=O) groups excluding carboxylic acids is 1. The second-order valence-corrected chi connectivity index (χ2v) is 5.71. The zero-order chi connectivity index (χ0) is 12.4. The van der Waals surface area contributed by atoms with E-state index in [9.17, 15) is 4.79 Å². The summed E-state index contributed by atoms with van der Waals surface area (Å²) in [5.41, 5.74) is 0.980. The maximum absolute atomic E-state index is 12.1. The van der Waals surface area contributed by atoms with E-state index >= 15 is 0 Å². The first kappa shape index (κ1) is 11.7. The van der Waals surface area contributed by atoms with Gasteiger partial charge in [-0.3, -0.25) is 4.79 Å². The number of likely N-dealkylation sites (tertiary alicyclic amines) is 1. The molecule has 1 aromatic heterocycles. The van der Waals surface area contributed by atoms with Crippen molar-refractivity contribution in [1.29, 1.82) is 0 Å². The molecule has 0 atom stereocenters. The van der Waals surface area contributed by atoms with E-state index in [1.54, 1.807) is 0 Å². The van der Waals surface area contributed by atoms with Crippen LogP contribution in [0.3, 0.4) is 0 Å². The number of piperidine rings is 1. The Labute approximate surface area is 107 Å². The van der Waals surface area contributed by atoms with Crippen molar-refractivity contribution in [2.45, 2.75) is 44.9 Å². The van der Waals surface area contributed by atoms with Gasteiger partial charge in [-0.05, 0) is 31.1 Å². The molecule has 2 aliphatic rings. The van der Waals surface area contributed by atoms with Crippen molar-refractivity contribution in [2.24, 2.45) is 5.41 Å². The van der Waals surface area contributed by atoms with Gasteiger partial charge in [-0.25, -0.2) is 0 Å². The lowest BCUT2D eigenvalue weighted by molar-refractivity contribution is 0.0467. The van der Waals surface area contributed by atoms with Gasteiger partial charge in [-0.1, -0.05) is 19.3 Å². The number of nitrogens with zero attached hydrogens (tertiary/aromatic N) is 3. The minimum absolute atomic E-state index is 0.0226. The Kier molecular flexibility index (Phi) is 3.06. The number of hydrogen-bond acceptors (Lipinski definition) is 3. The molecule has 1 saturated heterocycles. The van der Waals surface area contributed by atoms with Gasteiger partial charge in [0.25, 0.3) is 5.91 Å². The molecular formula is C13H20N4O. The van der Waals surface area contributed by atoms with E-state index in [0.29, 0.717) is 11.1 Å². The van der Waals surface area contributed by atoms with Gasteiger partial charge >= 0.3 is 0 Å². The molecule has 3 rings (SSSR count). The van der Waals surface area contributed by atoms with Gasteiger partial charge in [-0.2, -0.15) is 15.4 Å². The number of aromatic nitrogens is 3. The summed E-state index contributed by atoms with van der Waals surface area (Å²) < 4.78 is 0. The van der Waals surface area contributed by atoms with E-state index in [4.69, 9.17) is 0 Å². The molecule has 1 aliphatic heterocycles. The third-order valence-electron chi connectivity index (χ3n) is 4.66. The molecule has 1 spiro atoms. The third-order valence-corrected chi connectivity index (χ3v) is 4.66. The zero-order valence-corrected chi connectivity index (χ0v) is 10.7. The Hall–Kier alpha value is -1.39. The molecule has 5 nitrogen and oxygen atoms in total. The highest BCUT2D eigenvalue weighted by atomic mass is 16.2. The quantitative estimate of drug-likeness (QED) is 0.826. The summed E-state index contributed by atoms with van der Waals surface area (Å²) in [6, 6.07) is 0. The second-order valence-electron chi connectivity index (χ2n) is 5.71. The fraction of sp³-hybridized carbons (Fsp3) is 0.769. The molecule has 5 heteroatoms. The van der Waals surface area contributed by atoms with Crippen molar-refractivity contribution in [1.82, 2.24) is 20.3 Å². The van der Waals surface area contributed by atoms with Crippen LogP contribution in [0.25, 0.3) is 0 Å². The summed E-state index contributed by atoms with van der Waals surface area (Å²) in [5.74, 6) is 0.0226. The Morgan fingerprint density at radius 1 is 1.17 bits per heavy atom. The predicted octanol–water partition coefficient (Wildman–Crippen LogP) is 1.99. The number of nitrogens with one attached hydrogen (secondary N) is 1. The zero-order valence-electron chi connectivity index (χ0n) is 10.7. The molecule has 1 aromatic rings. The smallest absolute Gasteiger partial charge is 0.276 e. The van der Waals surface area contributed by atoms with Gasteiger partial charge in [-0.15, -0.1) is 0 Å². The van der Waals surface area contributed by atoms with Gasteiger partial charge in [0.15, 0.2) is 5.69 Å². The number of rotatable bonds is 1. The summed E-state index contributed by atoms with van der Waals surface area (Å²) in [4.78, 5) is 14.1. The lowest BCUT2D eigenvalue weighted by Crippen LogP contribution is -2.44. The molecule has 18 heavy (non-hydrogen) atoms. The normalized spacial score (nSPS) is 23.2. The first-order chi connectivity index (χ1) is 8.79. The van der Waals surface area contributed by atoms with E-state index in [1.807, 2.05) is 4.90 Å². The molecule has 1 saturated carbocycles. The van der Waals surface area contributed by atoms with Crippen LogP contribution in [0.1, 0.15) is 55.4 Å². The molecule has 0 radical (unpaired) electrons. The van der Waals surface area contributed by atoms with Crippen LogP contribution in [0, 0.1) is 5.41 Å². The van der Waals surface area contributed by atoms with Crippen molar-refractivity contribution in [2.75, 3.05) is 13.1 Å². The Balaban J connectivity index is 1.61. The summed E-state index contributed by atoms with van der Waals surface area (Å²) >= 11 is 0. The molecule has 1 aliphatic carbocycles. The van der Waals surface area contributed by atoms with E-state index in [2.05, 4.69) is 15.4 Å². The number of hydrogen-bond donors (Lipinski definition) is 1. The number of aromatic amines is 1. The molecule has 1 amide bonds. The van der Waals surface area contributed by atoms with Gasteiger partial charge in [0, 0.05) is 13.1 Å². The number of amides is 1. The van der Waals surface area contributed by atoms with Crippen molar-refractivity contribution < 1.29 is 4.79 Å². The van der Waals surface area contributed by atoms with Crippen molar-refractivity contribution in [3.8, 4) is 0 Å². The van der Waals surface area contributed by atoms with E-state index < -0.39 is 0 Å². The molecular weight excluding hydrogens is 228 g/mol. The van der Waals surface area contributed by atoms with E-state index in [1.165, 1.54) is 38.3 Å². The van der Waals surface area contributed by atoms with Gasteiger partial charge in [0.05, 0.1) is 6.20 Å². The second kappa shape index (κ2) is 4.71. The highest BCUT2D eigenvalue weighted by Gasteiger charge is 2.37. The van der Waals surface area contributed by atoms with Gasteiger partial charge in [0.1, 0.15) is 0 Å². The molecule has 0 aromatic carbocycles. The monoisotopic (exact) mass is 248 g/mol. The molecule has 0 bridgehead atoms. The van der Waals surface area contributed by atoms with Crippen LogP contribution >= 0.6 is 0 Å². The molecule has 98 valence electrons. The highest BCUT2D eigenvalue weighted by Crippen LogP contribution is 2.44. The Bertz CT molecular complexity index is 399. The molecule has 0 unspecified atom stereocenters. The average Bonchev–Trinajstić information content (AvgIpc) is 2.94. The van der Waals surface area contributed by atoms with Crippen LogP contribution in [0.4, 0.5) is 0 Å². The highest BCUT2D eigenvalue weighted by molar-refractivity contribution is 5.91. The molecule has 1 N–H and O–H groups in total. The van der Waals surface area contributed by atoms with Crippen molar-refractivity contribution in [3.63, 3.8) is 0 Å².